The number of fused-ring (bicyclic) bond motifs is 6. The highest BCUT2D eigenvalue weighted by molar-refractivity contribution is 7.19. The number of benzene rings is 1. The molecular weight excluding hydrogens is 611 g/mol. The summed E-state index contributed by atoms with van der Waals surface area (Å²) in [5.74, 6) is 0.709. The van der Waals surface area contributed by atoms with Gasteiger partial charge in [0.05, 0.1) is 15.7 Å². The Morgan fingerprint density at radius 1 is 0.825 bits per heavy atom. The highest BCUT2D eigenvalue weighted by atomic mass is 35.5. The second kappa shape index (κ2) is 11.7. The van der Waals surface area contributed by atoms with Crippen molar-refractivity contribution >= 4 is 89.4 Å². The molecule has 206 valence electrons. The number of hydrogen-bond acceptors (Lipinski definition) is 9. The van der Waals surface area contributed by atoms with Crippen LogP contribution < -0.4 is 5.32 Å². The zero-order valence-corrected chi connectivity index (χ0v) is 25.1. The third-order valence-corrected chi connectivity index (χ3v) is 10.1. The molecule has 0 amide bonds. The van der Waals surface area contributed by atoms with Crippen molar-refractivity contribution in [2.75, 3.05) is 5.32 Å². The van der Waals surface area contributed by atoms with Gasteiger partial charge in [0.2, 0.25) is 10.6 Å². The molecule has 2 aliphatic carbocycles. The number of anilines is 1. The lowest BCUT2D eigenvalue weighted by Gasteiger charge is -2.12. The number of rotatable bonds is 4. The summed E-state index contributed by atoms with van der Waals surface area (Å²) in [6, 6.07) is 6.59. The Morgan fingerprint density at radius 3 is 2.10 bits per heavy atom. The molecule has 8 nitrogen and oxygen atoms in total. The van der Waals surface area contributed by atoms with Crippen molar-refractivity contribution in [1.29, 1.82) is 0 Å². The van der Waals surface area contributed by atoms with E-state index in [9.17, 15) is 10.1 Å². The van der Waals surface area contributed by atoms with E-state index in [1.54, 1.807) is 34.8 Å². The molecular formula is C27H23Cl3N6O2S2. The molecule has 0 atom stereocenters. The minimum atomic E-state index is -0.390. The first-order valence-corrected chi connectivity index (χ1v) is 15.7. The van der Waals surface area contributed by atoms with Gasteiger partial charge in [-0.1, -0.05) is 23.7 Å². The summed E-state index contributed by atoms with van der Waals surface area (Å²) in [4.78, 5) is 32.1. The third kappa shape index (κ3) is 5.60. The lowest BCUT2D eigenvalue weighted by Crippen LogP contribution is -2.05. The van der Waals surface area contributed by atoms with Crippen molar-refractivity contribution in [1.82, 2.24) is 19.9 Å². The summed E-state index contributed by atoms with van der Waals surface area (Å²) in [5.41, 5.74) is 3.58. The Kier molecular flexibility index (Phi) is 8.05. The molecule has 0 saturated carbocycles. The van der Waals surface area contributed by atoms with Crippen LogP contribution in [0, 0.1) is 10.1 Å². The van der Waals surface area contributed by atoms with Crippen molar-refractivity contribution in [2.24, 2.45) is 0 Å². The number of aromatic nitrogens is 4. The van der Waals surface area contributed by atoms with Crippen LogP contribution in [0.5, 0.6) is 0 Å². The predicted molar refractivity (Wildman–Crippen MR) is 164 cm³/mol. The van der Waals surface area contributed by atoms with Gasteiger partial charge in [0.15, 0.2) is 0 Å². The van der Waals surface area contributed by atoms with Crippen LogP contribution in [-0.4, -0.2) is 24.9 Å². The molecule has 0 aliphatic heterocycles. The first-order valence-electron chi connectivity index (χ1n) is 13.0. The van der Waals surface area contributed by atoms with E-state index < -0.39 is 4.92 Å². The fraction of sp³-hybridized carbons (Fsp3) is 0.333. The van der Waals surface area contributed by atoms with Gasteiger partial charge in [0, 0.05) is 28.4 Å². The first-order chi connectivity index (χ1) is 19.4. The van der Waals surface area contributed by atoms with Crippen molar-refractivity contribution in [3.8, 4) is 0 Å². The number of thiophene rings is 2. The minimum absolute atomic E-state index is 0.0816. The number of aryl methyl sites for hydroxylation is 4. The molecule has 1 aromatic carbocycles. The van der Waals surface area contributed by atoms with E-state index in [-0.39, 0.29) is 16.3 Å². The average Bonchev–Trinajstić information content (AvgIpc) is 3.50. The number of hydrogen-bond donors (Lipinski definition) is 1. The van der Waals surface area contributed by atoms with E-state index in [0.717, 1.165) is 51.7 Å². The molecule has 0 fully saturated rings. The summed E-state index contributed by atoms with van der Waals surface area (Å²) in [6.45, 7) is 0.439. The van der Waals surface area contributed by atoms with Gasteiger partial charge in [-0.25, -0.2) is 19.9 Å². The Hall–Kier alpha value is -2.63. The van der Waals surface area contributed by atoms with Crippen LogP contribution in [0.15, 0.2) is 24.3 Å². The summed E-state index contributed by atoms with van der Waals surface area (Å²) in [6.07, 6.45) is 9.23. The van der Waals surface area contributed by atoms with Crippen LogP contribution in [0.4, 0.5) is 11.5 Å². The molecule has 0 radical (unpaired) electrons. The molecule has 4 heterocycles. The number of nitrogens with zero attached hydrogens (tertiary/aromatic N) is 5. The highest BCUT2D eigenvalue weighted by Crippen LogP contribution is 2.40. The van der Waals surface area contributed by atoms with Crippen molar-refractivity contribution in [2.45, 2.75) is 57.9 Å². The topological polar surface area (TPSA) is 107 Å². The summed E-state index contributed by atoms with van der Waals surface area (Å²) < 4.78 is 0. The van der Waals surface area contributed by atoms with Gasteiger partial charge in [0.25, 0.3) is 5.69 Å². The number of nitro benzene ring substituents is 1. The van der Waals surface area contributed by atoms with Crippen molar-refractivity contribution < 1.29 is 4.92 Å². The number of nitrogens with one attached hydrogen (secondary N) is 1. The Balaban J connectivity index is 0.000000164. The molecule has 4 aromatic heterocycles. The van der Waals surface area contributed by atoms with Crippen LogP contribution in [0.3, 0.4) is 0 Å². The largest absolute Gasteiger partial charge is 0.365 e. The van der Waals surface area contributed by atoms with Gasteiger partial charge in [-0.15, -0.1) is 22.7 Å². The van der Waals surface area contributed by atoms with E-state index in [0.29, 0.717) is 17.5 Å². The third-order valence-electron chi connectivity index (χ3n) is 7.11. The molecule has 5 aromatic rings. The van der Waals surface area contributed by atoms with Crippen LogP contribution in [0.25, 0.3) is 20.4 Å². The van der Waals surface area contributed by atoms with E-state index in [1.807, 2.05) is 6.07 Å². The number of halogens is 3. The lowest BCUT2D eigenvalue weighted by molar-refractivity contribution is -0.384. The second-order valence-corrected chi connectivity index (χ2v) is 12.9. The van der Waals surface area contributed by atoms with Crippen LogP contribution in [0.2, 0.25) is 15.7 Å². The Morgan fingerprint density at radius 2 is 1.43 bits per heavy atom. The van der Waals surface area contributed by atoms with E-state index in [1.165, 1.54) is 52.6 Å². The zero-order chi connectivity index (χ0) is 27.8. The van der Waals surface area contributed by atoms with Gasteiger partial charge in [-0.3, -0.25) is 10.1 Å². The lowest BCUT2D eigenvalue weighted by atomic mass is 9.97. The zero-order valence-electron chi connectivity index (χ0n) is 21.2. The van der Waals surface area contributed by atoms with E-state index in [4.69, 9.17) is 34.8 Å². The normalized spacial score (nSPS) is 14.4. The van der Waals surface area contributed by atoms with Gasteiger partial charge in [-0.05, 0) is 91.3 Å². The highest BCUT2D eigenvalue weighted by Gasteiger charge is 2.22. The van der Waals surface area contributed by atoms with Crippen molar-refractivity contribution in [3.05, 3.63) is 76.5 Å². The van der Waals surface area contributed by atoms with Crippen molar-refractivity contribution in [3.63, 3.8) is 0 Å². The van der Waals surface area contributed by atoms with Crippen LogP contribution in [-0.2, 0) is 32.2 Å². The summed E-state index contributed by atoms with van der Waals surface area (Å²) in [5, 5.41) is 17.3. The Labute approximate surface area is 252 Å². The average molecular weight is 634 g/mol. The van der Waals surface area contributed by atoms with E-state index in [2.05, 4.69) is 25.3 Å². The molecule has 0 saturated heterocycles. The molecule has 40 heavy (non-hydrogen) atoms. The SMILES string of the molecule is Clc1nc(Cl)c2c3c(sc2n1)CCCC3.O=[N+]([O-])c1cccc(CNc2nc(Cl)nc3sc4c(c23)CCCC4)c1. The quantitative estimate of drug-likeness (QED) is 0.0914. The molecule has 2 aliphatic rings. The molecule has 7 rings (SSSR count). The maximum Gasteiger partial charge on any atom is 0.269 e. The maximum atomic E-state index is 10.9. The minimum Gasteiger partial charge on any atom is -0.365 e. The van der Waals surface area contributed by atoms with Gasteiger partial charge < -0.3 is 5.32 Å². The molecule has 0 bridgehead atoms. The monoisotopic (exact) mass is 632 g/mol. The van der Waals surface area contributed by atoms with Crippen LogP contribution >= 0.6 is 57.5 Å². The summed E-state index contributed by atoms with van der Waals surface area (Å²) >= 11 is 21.4. The van der Waals surface area contributed by atoms with Crippen LogP contribution in [0.1, 0.15) is 52.1 Å². The molecule has 13 heteroatoms. The maximum absolute atomic E-state index is 10.9. The fourth-order valence-electron chi connectivity index (χ4n) is 5.31. The second-order valence-electron chi connectivity index (χ2n) is 9.69. The van der Waals surface area contributed by atoms with Gasteiger partial charge >= 0.3 is 0 Å². The van der Waals surface area contributed by atoms with Gasteiger partial charge in [-0.2, -0.15) is 0 Å². The smallest absolute Gasteiger partial charge is 0.269 e. The van der Waals surface area contributed by atoms with Gasteiger partial charge in [0.1, 0.15) is 20.6 Å². The Bertz CT molecular complexity index is 1760. The standard InChI is InChI=1S/C17H15ClN4O2S.C10H8Cl2N2S/c18-17-20-15(19-9-10-4-3-5-11(8-10)22(23)24)14-12-6-1-2-7-13(12)25-16(14)21-17;11-8-7-5-3-1-2-4-6(5)15-9(7)14-10(12)13-8/h3-5,8H,1-2,6-7,9H2,(H,19,20,21);1-4H2. The fourth-order valence-corrected chi connectivity index (χ4v) is 8.66. The number of non-ortho nitro benzene ring substituents is 1. The van der Waals surface area contributed by atoms with E-state index >= 15 is 0 Å². The number of nitro groups is 1. The summed E-state index contributed by atoms with van der Waals surface area (Å²) in [7, 11) is 0. The molecule has 0 unspecified atom stereocenters. The first kappa shape index (κ1) is 27.5. The molecule has 0 spiro atoms. The predicted octanol–water partition coefficient (Wildman–Crippen LogP) is 8.62. The molecule has 1 N–H and O–H groups in total.